The van der Waals surface area contributed by atoms with Crippen LogP contribution in [-0.2, 0) is 0 Å². The maximum Gasteiger partial charge on any atom is 0.0964 e. The number of nitrogens with zero attached hydrogens (tertiary/aromatic N) is 2. The first-order valence-corrected chi connectivity index (χ1v) is 20.3. The predicted octanol–water partition coefficient (Wildman–Crippen LogP) is 15.5. The average molecular weight is 749 g/mol. The van der Waals surface area contributed by atoms with E-state index >= 15 is 0 Å². The van der Waals surface area contributed by atoms with E-state index in [1.54, 1.807) is 0 Å². The molecule has 0 unspecified atom stereocenters. The molecule has 0 radical (unpaired) electrons. The maximum atomic E-state index is 4.92. The maximum absolute atomic E-state index is 4.92. The van der Waals surface area contributed by atoms with Crippen molar-refractivity contribution >= 4 is 75.7 Å². The third-order valence-electron chi connectivity index (χ3n) is 12.4. The quantitative estimate of drug-likeness (QED) is 0.168. The van der Waals surface area contributed by atoms with Gasteiger partial charge in [0, 0.05) is 28.7 Å². The summed E-state index contributed by atoms with van der Waals surface area (Å²) in [5.74, 6) is 0. The molecule has 0 spiro atoms. The molecule has 59 heavy (non-hydrogen) atoms. The van der Waals surface area contributed by atoms with Crippen LogP contribution < -0.4 is 0 Å². The molecule has 2 heterocycles. The molecule has 2 nitrogen and oxygen atoms in total. The number of hydrogen-bond donors (Lipinski definition) is 0. The van der Waals surface area contributed by atoms with Gasteiger partial charge in [0.25, 0.3) is 0 Å². The van der Waals surface area contributed by atoms with Crippen LogP contribution in [0.5, 0.6) is 0 Å². The largest absolute Gasteiger partial charge is 0.254 e. The van der Waals surface area contributed by atoms with Crippen molar-refractivity contribution in [1.29, 1.82) is 0 Å². The minimum absolute atomic E-state index is 0.933. The van der Waals surface area contributed by atoms with Gasteiger partial charge in [0.2, 0.25) is 0 Å². The summed E-state index contributed by atoms with van der Waals surface area (Å²) >= 11 is 0. The van der Waals surface area contributed by atoms with Gasteiger partial charge in [0.05, 0.1) is 11.0 Å². The van der Waals surface area contributed by atoms with Crippen LogP contribution >= 0.6 is 0 Å². The highest BCUT2D eigenvalue weighted by atomic mass is 14.7. The summed E-state index contributed by atoms with van der Waals surface area (Å²) in [6.45, 7) is 2.23. The van der Waals surface area contributed by atoms with Crippen molar-refractivity contribution in [3.63, 3.8) is 0 Å². The normalized spacial score (nSPS) is 11.8. The van der Waals surface area contributed by atoms with Gasteiger partial charge < -0.3 is 0 Å². The Morgan fingerprint density at radius 3 is 1.64 bits per heavy atom. The lowest BCUT2D eigenvalue weighted by atomic mass is 9.88. The number of pyridine rings is 2. The molecule has 2 aromatic heterocycles. The zero-order valence-electron chi connectivity index (χ0n) is 32.4. The molecule has 0 aliphatic carbocycles. The Labute approximate surface area is 341 Å². The monoisotopic (exact) mass is 748 g/mol. The molecule has 0 aliphatic heterocycles. The molecule has 10 aromatic carbocycles. The molecular formula is C57H36N2. The molecular weight excluding hydrogens is 713 g/mol. The van der Waals surface area contributed by atoms with Crippen molar-refractivity contribution in [3.8, 4) is 44.5 Å². The van der Waals surface area contributed by atoms with Crippen molar-refractivity contribution in [3.05, 3.63) is 206 Å². The van der Waals surface area contributed by atoms with Crippen molar-refractivity contribution in [1.82, 2.24) is 9.97 Å². The smallest absolute Gasteiger partial charge is 0.0964 e. The molecule has 0 fully saturated rings. The Balaban J connectivity index is 0.923. The number of benzene rings is 10. The lowest BCUT2D eigenvalue weighted by Gasteiger charge is -2.16. The van der Waals surface area contributed by atoms with Crippen molar-refractivity contribution in [2.45, 2.75) is 6.92 Å². The van der Waals surface area contributed by atoms with E-state index in [0.717, 1.165) is 27.4 Å². The number of hydrogen-bond acceptors (Lipinski definition) is 2. The van der Waals surface area contributed by atoms with Gasteiger partial charge in [-0.3, -0.25) is 9.97 Å². The number of aryl methyl sites for hydroxylation is 1. The van der Waals surface area contributed by atoms with Gasteiger partial charge in [0.15, 0.2) is 0 Å². The molecule has 0 N–H and O–H groups in total. The zero-order chi connectivity index (χ0) is 39.0. The second-order valence-electron chi connectivity index (χ2n) is 15.8. The second kappa shape index (κ2) is 13.2. The van der Waals surface area contributed by atoms with E-state index in [-0.39, 0.29) is 0 Å². The van der Waals surface area contributed by atoms with E-state index < -0.39 is 0 Å². The lowest BCUT2D eigenvalue weighted by Crippen LogP contribution is -1.90. The molecule has 274 valence electrons. The first-order chi connectivity index (χ1) is 29.2. The van der Waals surface area contributed by atoms with Gasteiger partial charge in [0.1, 0.15) is 0 Å². The molecule has 0 aliphatic rings. The SMILES string of the molecule is Cc1cccc2ccc3cccc(-c4cccc5ccc6cc(-c7ccc(-c8ccc(-c9cnc%10c(ccc%11cccnc%11%10)c9)c9ccccc89)cc7)ccc6c45)c3c12. The standard InChI is InChI=1S/C57H36N2/c1-35-8-4-9-38-21-22-40-11-6-16-52(55(40)53(35)38)51-15-5-10-39-23-25-43-32-42(27-28-48(43)54(39)51)36-17-19-37(20-18-36)46-29-30-47(50-14-3-2-13-49(46)50)45-33-44-26-24-41-12-7-31-58-56(41)57(44)59-34-45/h2-34H,1H3. The summed E-state index contributed by atoms with van der Waals surface area (Å²) in [4.78, 5) is 9.55. The van der Waals surface area contributed by atoms with Crippen LogP contribution in [-0.4, -0.2) is 9.97 Å². The van der Waals surface area contributed by atoms with Crippen LogP contribution in [0.3, 0.4) is 0 Å². The minimum atomic E-state index is 0.933. The van der Waals surface area contributed by atoms with Gasteiger partial charge in [-0.2, -0.15) is 0 Å². The summed E-state index contributed by atoms with van der Waals surface area (Å²) in [6, 6.07) is 69.0. The molecule has 0 saturated heterocycles. The van der Waals surface area contributed by atoms with Gasteiger partial charge in [-0.1, -0.05) is 170 Å². The van der Waals surface area contributed by atoms with E-state index in [1.807, 2.05) is 18.5 Å². The van der Waals surface area contributed by atoms with Crippen LogP contribution in [0, 0.1) is 6.92 Å². The molecule has 0 amide bonds. The van der Waals surface area contributed by atoms with E-state index in [1.165, 1.54) is 98.4 Å². The van der Waals surface area contributed by atoms with Crippen molar-refractivity contribution < 1.29 is 0 Å². The molecule has 0 saturated carbocycles. The second-order valence-corrected chi connectivity index (χ2v) is 15.8. The fourth-order valence-electron chi connectivity index (χ4n) is 9.61. The van der Waals surface area contributed by atoms with Gasteiger partial charge in [-0.15, -0.1) is 0 Å². The summed E-state index contributed by atoms with van der Waals surface area (Å²) in [5, 5.41) is 14.9. The topological polar surface area (TPSA) is 25.8 Å². The summed E-state index contributed by atoms with van der Waals surface area (Å²) < 4.78 is 0. The summed E-state index contributed by atoms with van der Waals surface area (Å²) in [6.07, 6.45) is 3.83. The van der Waals surface area contributed by atoms with E-state index in [2.05, 4.69) is 194 Å². The highest BCUT2D eigenvalue weighted by Crippen LogP contribution is 2.42. The van der Waals surface area contributed by atoms with E-state index in [0.29, 0.717) is 0 Å². The van der Waals surface area contributed by atoms with Crippen LogP contribution in [0.25, 0.3) is 120 Å². The Kier molecular flexibility index (Phi) is 7.48. The van der Waals surface area contributed by atoms with Crippen LogP contribution in [0.15, 0.2) is 200 Å². The van der Waals surface area contributed by atoms with E-state index in [4.69, 9.17) is 4.98 Å². The predicted molar refractivity (Wildman–Crippen MR) is 251 cm³/mol. The molecule has 2 heteroatoms. The molecule has 12 rings (SSSR count). The third kappa shape index (κ3) is 5.34. The van der Waals surface area contributed by atoms with Crippen LogP contribution in [0.1, 0.15) is 5.56 Å². The number of fused-ring (bicyclic) bond motifs is 10. The Hall–Kier alpha value is -7.68. The first kappa shape index (κ1) is 33.5. The Morgan fingerprint density at radius 1 is 0.305 bits per heavy atom. The third-order valence-corrected chi connectivity index (χ3v) is 12.4. The first-order valence-electron chi connectivity index (χ1n) is 20.3. The van der Waals surface area contributed by atoms with Gasteiger partial charge >= 0.3 is 0 Å². The fourth-order valence-corrected chi connectivity index (χ4v) is 9.61. The van der Waals surface area contributed by atoms with Gasteiger partial charge in [-0.25, -0.2) is 0 Å². The summed E-state index contributed by atoms with van der Waals surface area (Å²) in [7, 11) is 0. The van der Waals surface area contributed by atoms with Crippen LogP contribution in [0.4, 0.5) is 0 Å². The van der Waals surface area contributed by atoms with Crippen LogP contribution in [0.2, 0.25) is 0 Å². The highest BCUT2D eigenvalue weighted by molar-refractivity contribution is 6.21. The van der Waals surface area contributed by atoms with E-state index in [9.17, 15) is 0 Å². The molecule has 0 bridgehead atoms. The fraction of sp³-hybridized carbons (Fsp3) is 0.0175. The molecule has 0 atom stereocenters. The minimum Gasteiger partial charge on any atom is -0.254 e. The highest BCUT2D eigenvalue weighted by Gasteiger charge is 2.16. The molecule has 12 aromatic rings. The Bertz CT molecular complexity index is 3670. The Morgan fingerprint density at radius 2 is 0.864 bits per heavy atom. The lowest BCUT2D eigenvalue weighted by molar-refractivity contribution is 1.37. The number of aromatic nitrogens is 2. The number of rotatable bonds is 4. The summed E-state index contributed by atoms with van der Waals surface area (Å²) in [5.41, 5.74) is 12.8. The van der Waals surface area contributed by atoms with Crippen molar-refractivity contribution in [2.75, 3.05) is 0 Å². The van der Waals surface area contributed by atoms with Crippen molar-refractivity contribution in [2.24, 2.45) is 0 Å². The zero-order valence-corrected chi connectivity index (χ0v) is 32.4. The average Bonchev–Trinajstić information content (AvgIpc) is 3.30. The van der Waals surface area contributed by atoms with Gasteiger partial charge in [-0.05, 0) is 123 Å².